The quantitative estimate of drug-likeness (QED) is 0.346. The van der Waals surface area contributed by atoms with Gasteiger partial charge in [-0.1, -0.05) is 5.16 Å². The van der Waals surface area contributed by atoms with Crippen LogP contribution in [0, 0.1) is 0 Å². The van der Waals surface area contributed by atoms with Crippen molar-refractivity contribution in [2.45, 2.75) is 26.3 Å². The van der Waals surface area contributed by atoms with E-state index < -0.39 is 0 Å². The lowest BCUT2D eigenvalue weighted by Gasteiger charge is -2.25. The first kappa shape index (κ1) is 11.8. The summed E-state index contributed by atoms with van der Waals surface area (Å²) in [6.45, 7) is 4.89. The van der Waals surface area contributed by atoms with Crippen LogP contribution in [0.2, 0.25) is 0 Å². The molecule has 0 amide bonds. The van der Waals surface area contributed by atoms with E-state index in [1.807, 2.05) is 5.38 Å². The Bertz CT molecular complexity index is 310. The molecule has 0 fully saturated rings. The molecule has 15 heavy (non-hydrogen) atoms. The Morgan fingerprint density at radius 3 is 2.93 bits per heavy atom. The van der Waals surface area contributed by atoms with Gasteiger partial charge in [-0.2, -0.15) is 0 Å². The van der Waals surface area contributed by atoms with Crippen molar-refractivity contribution in [3.63, 3.8) is 0 Å². The van der Waals surface area contributed by atoms with Gasteiger partial charge in [-0.25, -0.2) is 4.98 Å². The van der Waals surface area contributed by atoms with Gasteiger partial charge in [0.1, 0.15) is 5.84 Å². The molecule has 0 aliphatic rings. The fourth-order valence-electron chi connectivity index (χ4n) is 1.22. The lowest BCUT2D eigenvalue weighted by Crippen LogP contribution is -2.33. The average Bonchev–Trinajstić information content (AvgIpc) is 2.70. The van der Waals surface area contributed by atoms with Crippen molar-refractivity contribution in [3.8, 4) is 0 Å². The summed E-state index contributed by atoms with van der Waals surface area (Å²) in [4.78, 5) is 6.37. The molecule has 6 heteroatoms. The maximum atomic E-state index is 8.45. The molecule has 0 aliphatic carbocycles. The number of amidine groups is 1. The number of aromatic nitrogens is 1. The first-order valence-electron chi connectivity index (χ1n) is 4.77. The zero-order valence-electron chi connectivity index (χ0n) is 8.92. The number of nitrogens with two attached hydrogens (primary N) is 1. The Balaban J connectivity index is 2.60. The third kappa shape index (κ3) is 3.39. The van der Waals surface area contributed by atoms with Crippen LogP contribution in [0.15, 0.2) is 16.7 Å². The second kappa shape index (κ2) is 5.55. The Kier molecular flexibility index (Phi) is 4.36. The number of hydrogen-bond acceptors (Lipinski definition) is 5. The zero-order chi connectivity index (χ0) is 11.3. The zero-order valence-corrected chi connectivity index (χ0v) is 9.74. The summed E-state index contributed by atoms with van der Waals surface area (Å²) in [5.41, 5.74) is 5.43. The van der Waals surface area contributed by atoms with Crippen molar-refractivity contribution in [1.29, 1.82) is 0 Å². The van der Waals surface area contributed by atoms with Crippen LogP contribution in [-0.4, -0.2) is 28.6 Å². The minimum Gasteiger partial charge on any atom is -0.409 e. The van der Waals surface area contributed by atoms with Crippen molar-refractivity contribution in [2.24, 2.45) is 10.9 Å². The van der Waals surface area contributed by atoms with Gasteiger partial charge in [-0.3, -0.25) is 0 Å². The Morgan fingerprint density at radius 1 is 1.73 bits per heavy atom. The first-order valence-corrected chi connectivity index (χ1v) is 5.65. The molecule has 1 aromatic rings. The van der Waals surface area contributed by atoms with Crippen LogP contribution < -0.4 is 10.6 Å². The lowest BCUT2D eigenvalue weighted by atomic mass is 10.3. The van der Waals surface area contributed by atoms with Crippen LogP contribution in [0.4, 0.5) is 5.13 Å². The van der Waals surface area contributed by atoms with Crippen molar-refractivity contribution >= 4 is 22.3 Å². The van der Waals surface area contributed by atoms with Gasteiger partial charge < -0.3 is 15.8 Å². The van der Waals surface area contributed by atoms with Gasteiger partial charge in [0.15, 0.2) is 5.13 Å². The van der Waals surface area contributed by atoms with Gasteiger partial charge >= 0.3 is 0 Å². The van der Waals surface area contributed by atoms with E-state index in [1.165, 1.54) is 0 Å². The molecule has 3 N–H and O–H groups in total. The van der Waals surface area contributed by atoms with Crippen molar-refractivity contribution < 1.29 is 5.21 Å². The normalized spacial score (nSPS) is 12.1. The molecule has 0 saturated heterocycles. The van der Waals surface area contributed by atoms with Crippen molar-refractivity contribution in [3.05, 3.63) is 11.6 Å². The highest BCUT2D eigenvalue weighted by molar-refractivity contribution is 7.13. The molecule has 0 aromatic carbocycles. The van der Waals surface area contributed by atoms with Gasteiger partial charge in [0.05, 0.1) is 0 Å². The molecule has 0 radical (unpaired) electrons. The number of nitrogens with zero attached hydrogens (tertiary/aromatic N) is 3. The Hall–Kier alpha value is -1.30. The van der Waals surface area contributed by atoms with E-state index in [1.54, 1.807) is 17.5 Å². The molecule has 0 saturated carbocycles. The highest BCUT2D eigenvalue weighted by Gasteiger charge is 2.12. The summed E-state index contributed by atoms with van der Waals surface area (Å²) in [7, 11) is 0. The van der Waals surface area contributed by atoms with E-state index in [-0.39, 0.29) is 5.84 Å². The summed E-state index contributed by atoms with van der Waals surface area (Å²) in [6.07, 6.45) is 2.31. The third-order valence-corrected chi connectivity index (χ3v) is 2.83. The monoisotopic (exact) mass is 228 g/mol. The smallest absolute Gasteiger partial charge is 0.185 e. The van der Waals surface area contributed by atoms with Gasteiger partial charge in [-0.05, 0) is 13.8 Å². The van der Waals surface area contributed by atoms with Crippen LogP contribution in [0.5, 0.6) is 0 Å². The van der Waals surface area contributed by atoms with E-state index in [0.29, 0.717) is 19.0 Å². The minimum absolute atomic E-state index is 0.247. The van der Waals surface area contributed by atoms with E-state index in [0.717, 1.165) is 5.13 Å². The molecule has 0 spiro atoms. The van der Waals surface area contributed by atoms with Gasteiger partial charge in [0, 0.05) is 30.6 Å². The molecule has 0 atom stereocenters. The number of oxime groups is 1. The largest absolute Gasteiger partial charge is 0.409 e. The molecular weight excluding hydrogens is 212 g/mol. The summed E-state index contributed by atoms with van der Waals surface area (Å²) >= 11 is 1.59. The summed E-state index contributed by atoms with van der Waals surface area (Å²) in [5, 5.41) is 14.3. The summed E-state index contributed by atoms with van der Waals surface area (Å²) < 4.78 is 0. The summed E-state index contributed by atoms with van der Waals surface area (Å²) in [6, 6.07) is 0.350. The molecule has 5 nitrogen and oxygen atoms in total. The average molecular weight is 228 g/mol. The molecule has 1 heterocycles. The number of rotatable bonds is 5. The number of anilines is 1. The Labute approximate surface area is 93.2 Å². The van der Waals surface area contributed by atoms with Crippen molar-refractivity contribution in [2.75, 3.05) is 11.4 Å². The minimum atomic E-state index is 0.247. The second-order valence-corrected chi connectivity index (χ2v) is 4.32. The van der Waals surface area contributed by atoms with Crippen LogP contribution in [0.25, 0.3) is 0 Å². The van der Waals surface area contributed by atoms with Gasteiger partial charge in [0.2, 0.25) is 0 Å². The van der Waals surface area contributed by atoms with E-state index >= 15 is 0 Å². The van der Waals surface area contributed by atoms with Crippen LogP contribution >= 0.6 is 11.3 Å². The first-order chi connectivity index (χ1) is 7.15. The SMILES string of the molecule is CC(C)N(CCC(N)=NO)c1nccs1. The molecule has 0 bridgehead atoms. The Morgan fingerprint density at radius 2 is 2.47 bits per heavy atom. The molecule has 0 unspecified atom stereocenters. The fraction of sp³-hybridized carbons (Fsp3) is 0.556. The number of hydrogen-bond donors (Lipinski definition) is 2. The second-order valence-electron chi connectivity index (χ2n) is 3.44. The van der Waals surface area contributed by atoms with Crippen molar-refractivity contribution in [1.82, 2.24) is 4.98 Å². The van der Waals surface area contributed by atoms with E-state index in [4.69, 9.17) is 10.9 Å². The maximum Gasteiger partial charge on any atom is 0.185 e. The number of thiazole rings is 1. The van der Waals surface area contributed by atoms with Gasteiger partial charge in [0.25, 0.3) is 0 Å². The predicted octanol–water partition coefficient (Wildman–Crippen LogP) is 1.49. The topological polar surface area (TPSA) is 74.7 Å². The molecule has 84 valence electrons. The fourth-order valence-corrected chi connectivity index (χ4v) is 2.02. The highest BCUT2D eigenvalue weighted by atomic mass is 32.1. The molecule has 1 aromatic heterocycles. The highest BCUT2D eigenvalue weighted by Crippen LogP contribution is 2.19. The standard InChI is InChI=1S/C9H16N4OS/c1-7(2)13(5-3-8(10)12-14)9-11-4-6-15-9/h4,6-7,14H,3,5H2,1-2H3,(H2,10,12). The van der Waals surface area contributed by atoms with E-state index in [9.17, 15) is 0 Å². The third-order valence-electron chi connectivity index (χ3n) is 2.03. The maximum absolute atomic E-state index is 8.45. The van der Waals surface area contributed by atoms with Crippen LogP contribution in [-0.2, 0) is 0 Å². The molecular formula is C9H16N4OS. The van der Waals surface area contributed by atoms with Gasteiger partial charge in [-0.15, -0.1) is 11.3 Å². The van der Waals surface area contributed by atoms with E-state index in [2.05, 4.69) is 28.9 Å². The lowest BCUT2D eigenvalue weighted by molar-refractivity contribution is 0.317. The predicted molar refractivity (Wildman–Crippen MR) is 62.6 cm³/mol. The van der Waals surface area contributed by atoms with Crippen LogP contribution in [0.3, 0.4) is 0 Å². The van der Waals surface area contributed by atoms with Crippen LogP contribution in [0.1, 0.15) is 20.3 Å². The summed E-state index contributed by atoms with van der Waals surface area (Å²) in [5.74, 6) is 0.247. The molecule has 0 aliphatic heterocycles. The molecule has 1 rings (SSSR count).